The van der Waals surface area contributed by atoms with Crippen molar-refractivity contribution >= 4 is 28.9 Å². The van der Waals surface area contributed by atoms with E-state index in [1.165, 1.54) is 30.6 Å². The van der Waals surface area contributed by atoms with Crippen LogP contribution in [0, 0.1) is 0 Å². The van der Waals surface area contributed by atoms with Gasteiger partial charge in [0, 0.05) is 16.8 Å². The standard InChI is InChI=1S/C17H17ClF3N3O/c1-16(2,3)24-15(25)10-6-12(9-22-8-10)23-14-5-4-11(18)7-13(14)17(19,20)21/h4-9,23H,1-3H3,(H,24,25). The van der Waals surface area contributed by atoms with Crippen LogP contribution in [0.2, 0.25) is 5.02 Å². The molecular formula is C17H17ClF3N3O. The van der Waals surface area contributed by atoms with Crippen molar-refractivity contribution < 1.29 is 18.0 Å². The first-order valence-corrected chi connectivity index (χ1v) is 7.75. The molecule has 2 N–H and O–H groups in total. The molecule has 0 saturated heterocycles. The van der Waals surface area contributed by atoms with Crippen LogP contribution in [0.15, 0.2) is 36.7 Å². The molecule has 0 radical (unpaired) electrons. The van der Waals surface area contributed by atoms with Gasteiger partial charge in [0.05, 0.1) is 28.7 Å². The van der Waals surface area contributed by atoms with Crippen molar-refractivity contribution in [3.8, 4) is 0 Å². The van der Waals surface area contributed by atoms with E-state index < -0.39 is 17.3 Å². The number of nitrogens with one attached hydrogen (secondary N) is 2. The number of hydrogen-bond donors (Lipinski definition) is 2. The minimum Gasteiger partial charge on any atom is -0.354 e. The van der Waals surface area contributed by atoms with Crippen LogP contribution in [0.5, 0.6) is 0 Å². The summed E-state index contributed by atoms with van der Waals surface area (Å²) in [4.78, 5) is 16.1. The Labute approximate surface area is 148 Å². The van der Waals surface area contributed by atoms with Crippen molar-refractivity contribution in [3.05, 3.63) is 52.8 Å². The molecule has 0 aliphatic heterocycles. The Balaban J connectivity index is 2.31. The number of pyridine rings is 1. The lowest BCUT2D eigenvalue weighted by Gasteiger charge is -2.20. The Morgan fingerprint density at radius 2 is 1.80 bits per heavy atom. The molecule has 0 atom stereocenters. The highest BCUT2D eigenvalue weighted by atomic mass is 35.5. The maximum absolute atomic E-state index is 13.1. The first kappa shape index (κ1) is 19.1. The Hall–Kier alpha value is -2.28. The Morgan fingerprint density at radius 1 is 1.12 bits per heavy atom. The lowest BCUT2D eigenvalue weighted by Crippen LogP contribution is -2.40. The molecule has 0 bridgehead atoms. The maximum Gasteiger partial charge on any atom is 0.418 e. The molecule has 0 fully saturated rings. The van der Waals surface area contributed by atoms with E-state index in [1.54, 1.807) is 0 Å². The normalized spacial score (nSPS) is 12.0. The number of alkyl halides is 3. The third-order valence-electron chi connectivity index (χ3n) is 3.05. The van der Waals surface area contributed by atoms with Gasteiger partial charge in [0.15, 0.2) is 0 Å². The van der Waals surface area contributed by atoms with Crippen LogP contribution in [0.25, 0.3) is 0 Å². The Morgan fingerprint density at radius 3 is 2.40 bits per heavy atom. The van der Waals surface area contributed by atoms with Crippen molar-refractivity contribution in [2.24, 2.45) is 0 Å². The second kappa shape index (κ2) is 6.92. The summed E-state index contributed by atoms with van der Waals surface area (Å²) >= 11 is 5.66. The van der Waals surface area contributed by atoms with Crippen LogP contribution in [0.3, 0.4) is 0 Å². The third kappa shape index (κ3) is 5.35. The summed E-state index contributed by atoms with van der Waals surface area (Å²) in [5.74, 6) is -0.365. The van der Waals surface area contributed by atoms with E-state index in [0.29, 0.717) is 0 Å². The van der Waals surface area contributed by atoms with Crippen LogP contribution in [0.4, 0.5) is 24.5 Å². The van der Waals surface area contributed by atoms with E-state index in [0.717, 1.165) is 6.07 Å². The van der Waals surface area contributed by atoms with Crippen LogP contribution in [-0.4, -0.2) is 16.4 Å². The van der Waals surface area contributed by atoms with Gasteiger partial charge in [-0.25, -0.2) is 0 Å². The molecule has 0 aliphatic carbocycles. The van der Waals surface area contributed by atoms with Crippen molar-refractivity contribution in [3.63, 3.8) is 0 Å². The third-order valence-corrected chi connectivity index (χ3v) is 3.29. The first-order valence-electron chi connectivity index (χ1n) is 7.37. The van der Waals surface area contributed by atoms with Crippen molar-refractivity contribution in [1.82, 2.24) is 10.3 Å². The zero-order valence-electron chi connectivity index (χ0n) is 13.8. The highest BCUT2D eigenvalue weighted by Gasteiger charge is 2.33. The van der Waals surface area contributed by atoms with Crippen LogP contribution >= 0.6 is 11.6 Å². The fourth-order valence-corrected chi connectivity index (χ4v) is 2.23. The van der Waals surface area contributed by atoms with Gasteiger partial charge in [0.25, 0.3) is 5.91 Å². The fraction of sp³-hybridized carbons (Fsp3) is 0.294. The van der Waals surface area contributed by atoms with Gasteiger partial charge in [0.1, 0.15) is 0 Å². The number of halogens is 4. The number of hydrogen-bond acceptors (Lipinski definition) is 3. The molecule has 134 valence electrons. The van der Waals surface area contributed by atoms with Gasteiger partial charge in [-0.1, -0.05) is 11.6 Å². The SMILES string of the molecule is CC(C)(C)NC(=O)c1cncc(Nc2ccc(Cl)cc2C(F)(F)F)c1. The average molecular weight is 372 g/mol. The van der Waals surface area contributed by atoms with Crippen molar-refractivity contribution in [2.45, 2.75) is 32.5 Å². The fourth-order valence-electron chi connectivity index (χ4n) is 2.06. The predicted octanol–water partition coefficient (Wildman–Crippen LogP) is 5.03. The molecule has 0 unspecified atom stereocenters. The van der Waals surface area contributed by atoms with Crippen LogP contribution in [0.1, 0.15) is 36.7 Å². The highest BCUT2D eigenvalue weighted by molar-refractivity contribution is 6.30. The van der Waals surface area contributed by atoms with Crippen molar-refractivity contribution in [1.29, 1.82) is 0 Å². The topological polar surface area (TPSA) is 54.0 Å². The predicted molar refractivity (Wildman–Crippen MR) is 91.2 cm³/mol. The number of benzene rings is 1. The van der Waals surface area contributed by atoms with Gasteiger partial charge in [0.2, 0.25) is 0 Å². The molecule has 0 aliphatic rings. The number of carbonyl (C=O) groups is 1. The van der Waals surface area contributed by atoms with E-state index >= 15 is 0 Å². The van der Waals surface area contributed by atoms with E-state index in [1.807, 2.05) is 20.8 Å². The number of carbonyl (C=O) groups excluding carboxylic acids is 1. The minimum absolute atomic E-state index is 0.0192. The average Bonchev–Trinajstić information content (AvgIpc) is 2.46. The molecule has 25 heavy (non-hydrogen) atoms. The molecular weight excluding hydrogens is 355 g/mol. The van der Waals surface area contributed by atoms with Gasteiger partial charge in [-0.15, -0.1) is 0 Å². The minimum atomic E-state index is -4.57. The number of amides is 1. The lowest BCUT2D eigenvalue weighted by atomic mass is 10.1. The Bertz CT molecular complexity index is 785. The van der Waals surface area contributed by atoms with Crippen LogP contribution < -0.4 is 10.6 Å². The number of aromatic nitrogens is 1. The zero-order chi connectivity index (χ0) is 18.8. The van der Waals surface area contributed by atoms with E-state index in [9.17, 15) is 18.0 Å². The van der Waals surface area contributed by atoms with Crippen LogP contribution in [-0.2, 0) is 6.18 Å². The summed E-state index contributed by atoms with van der Waals surface area (Å²) in [7, 11) is 0. The summed E-state index contributed by atoms with van der Waals surface area (Å²) in [5.41, 5.74) is -1.02. The van der Waals surface area contributed by atoms with Crippen molar-refractivity contribution in [2.75, 3.05) is 5.32 Å². The second-order valence-corrected chi connectivity index (χ2v) is 6.92. The smallest absolute Gasteiger partial charge is 0.354 e. The lowest BCUT2D eigenvalue weighted by molar-refractivity contribution is -0.136. The number of rotatable bonds is 3. The summed E-state index contributed by atoms with van der Waals surface area (Å²) in [6.07, 6.45) is -1.89. The molecule has 2 rings (SSSR count). The molecule has 1 heterocycles. The first-order chi connectivity index (χ1) is 11.5. The van der Waals surface area contributed by atoms with Gasteiger partial charge < -0.3 is 10.6 Å². The number of anilines is 2. The molecule has 1 aromatic heterocycles. The molecule has 1 amide bonds. The summed E-state index contributed by atoms with van der Waals surface area (Å²) in [5, 5.41) is 5.39. The zero-order valence-corrected chi connectivity index (χ0v) is 14.6. The van der Waals surface area contributed by atoms with E-state index in [2.05, 4.69) is 15.6 Å². The summed E-state index contributed by atoms with van der Waals surface area (Å²) in [6, 6.07) is 4.85. The maximum atomic E-state index is 13.1. The molecule has 0 saturated carbocycles. The second-order valence-electron chi connectivity index (χ2n) is 6.48. The Kier molecular flexibility index (Phi) is 5.27. The van der Waals surface area contributed by atoms with Gasteiger partial charge >= 0.3 is 6.18 Å². The van der Waals surface area contributed by atoms with Gasteiger partial charge in [-0.3, -0.25) is 9.78 Å². The van der Waals surface area contributed by atoms with E-state index in [-0.39, 0.29) is 27.9 Å². The quantitative estimate of drug-likeness (QED) is 0.796. The van der Waals surface area contributed by atoms with Gasteiger partial charge in [-0.05, 0) is 45.0 Å². The highest BCUT2D eigenvalue weighted by Crippen LogP contribution is 2.37. The van der Waals surface area contributed by atoms with Gasteiger partial charge in [-0.2, -0.15) is 13.2 Å². The molecule has 0 spiro atoms. The largest absolute Gasteiger partial charge is 0.418 e. The summed E-state index contributed by atoms with van der Waals surface area (Å²) in [6.45, 7) is 5.47. The monoisotopic (exact) mass is 371 g/mol. The molecule has 1 aromatic carbocycles. The molecule has 2 aromatic rings. The summed E-state index contributed by atoms with van der Waals surface area (Å²) < 4.78 is 39.4. The molecule has 4 nitrogen and oxygen atoms in total. The number of nitrogens with zero attached hydrogens (tertiary/aromatic N) is 1. The van der Waals surface area contributed by atoms with E-state index in [4.69, 9.17) is 11.6 Å². The molecule has 8 heteroatoms.